The zero-order valence-corrected chi connectivity index (χ0v) is 16.0. The average Bonchev–Trinajstić information content (AvgIpc) is 3.08. The van der Waals surface area contributed by atoms with Crippen LogP contribution in [0.5, 0.6) is 0 Å². The van der Waals surface area contributed by atoms with Crippen LogP contribution in [0.3, 0.4) is 0 Å². The van der Waals surface area contributed by atoms with Crippen LogP contribution in [0.2, 0.25) is 0 Å². The van der Waals surface area contributed by atoms with E-state index in [-0.39, 0.29) is 5.91 Å². The summed E-state index contributed by atoms with van der Waals surface area (Å²) in [6.07, 6.45) is 3.17. The van der Waals surface area contributed by atoms with E-state index in [2.05, 4.69) is 60.5 Å². The highest BCUT2D eigenvalue weighted by molar-refractivity contribution is 5.89. The van der Waals surface area contributed by atoms with E-state index in [1.54, 1.807) is 6.26 Å². The molecule has 4 nitrogen and oxygen atoms in total. The number of rotatable bonds is 5. The average molecular weight is 362 g/mol. The highest BCUT2D eigenvalue weighted by Gasteiger charge is 2.16. The van der Waals surface area contributed by atoms with Gasteiger partial charge in [-0.2, -0.15) is 0 Å². The number of aryl methyl sites for hydroxylation is 2. The van der Waals surface area contributed by atoms with Gasteiger partial charge in [-0.3, -0.25) is 9.69 Å². The van der Waals surface area contributed by atoms with Crippen LogP contribution in [0, 0.1) is 13.8 Å². The van der Waals surface area contributed by atoms with Crippen LogP contribution in [0.4, 0.5) is 0 Å². The van der Waals surface area contributed by atoms with Gasteiger partial charge in [0.15, 0.2) is 0 Å². The number of hydrogen-bond donors (Lipinski definition) is 1. The summed E-state index contributed by atoms with van der Waals surface area (Å²) in [5, 5.41) is 4.10. The largest absolute Gasteiger partial charge is 0.464 e. The lowest BCUT2D eigenvalue weighted by atomic mass is 10.00. The molecule has 140 valence electrons. The molecule has 0 atom stereocenters. The highest BCUT2D eigenvalue weighted by atomic mass is 16.3. The molecule has 0 spiro atoms. The molecule has 0 saturated heterocycles. The van der Waals surface area contributed by atoms with Gasteiger partial charge in [-0.15, -0.1) is 0 Å². The fraction of sp³-hybridized carbons (Fsp3) is 0.348. The molecular formula is C23H26N2O2. The maximum atomic E-state index is 12.4. The van der Waals surface area contributed by atoms with Gasteiger partial charge in [0.05, 0.1) is 12.7 Å². The van der Waals surface area contributed by atoms with E-state index in [9.17, 15) is 4.79 Å². The van der Waals surface area contributed by atoms with Crippen molar-refractivity contribution < 1.29 is 9.21 Å². The van der Waals surface area contributed by atoms with E-state index in [0.29, 0.717) is 13.0 Å². The fourth-order valence-corrected chi connectivity index (χ4v) is 3.86. The van der Waals surface area contributed by atoms with E-state index in [4.69, 9.17) is 4.42 Å². The zero-order valence-electron chi connectivity index (χ0n) is 16.0. The molecule has 27 heavy (non-hydrogen) atoms. The van der Waals surface area contributed by atoms with E-state index in [0.717, 1.165) is 48.2 Å². The Balaban J connectivity index is 1.30. The second-order valence-electron chi connectivity index (χ2n) is 7.47. The number of furan rings is 1. The Morgan fingerprint density at radius 2 is 1.96 bits per heavy atom. The molecule has 0 radical (unpaired) electrons. The zero-order chi connectivity index (χ0) is 18.8. The molecule has 1 aliphatic rings. The van der Waals surface area contributed by atoms with Crippen molar-refractivity contribution in [3.63, 3.8) is 0 Å². The van der Waals surface area contributed by atoms with Gasteiger partial charge < -0.3 is 9.73 Å². The summed E-state index contributed by atoms with van der Waals surface area (Å²) in [5.41, 5.74) is 7.06. The van der Waals surface area contributed by atoms with Crippen molar-refractivity contribution in [1.82, 2.24) is 10.2 Å². The van der Waals surface area contributed by atoms with Crippen molar-refractivity contribution in [2.24, 2.45) is 0 Å². The second-order valence-corrected chi connectivity index (χ2v) is 7.47. The minimum Gasteiger partial charge on any atom is -0.464 e. The molecular weight excluding hydrogens is 336 g/mol. The number of hydrogen-bond acceptors (Lipinski definition) is 3. The maximum absolute atomic E-state index is 12.4. The van der Waals surface area contributed by atoms with Crippen molar-refractivity contribution in [3.8, 4) is 0 Å². The Labute approximate surface area is 160 Å². The van der Waals surface area contributed by atoms with E-state index < -0.39 is 0 Å². The molecule has 0 aliphatic carbocycles. The smallest absolute Gasteiger partial charge is 0.224 e. The van der Waals surface area contributed by atoms with Gasteiger partial charge in [0, 0.05) is 37.1 Å². The standard InChI is InChI=1S/C23H26N2O2/c1-16-7-8-21-20(15-27-23(21)17(16)2)13-22(26)24-10-12-25-11-9-18-5-3-4-6-19(18)14-25/h3-8,15H,9-14H2,1-2H3,(H,24,26). The lowest BCUT2D eigenvalue weighted by Gasteiger charge is -2.28. The second kappa shape index (κ2) is 7.57. The molecule has 1 amide bonds. The number of amides is 1. The predicted molar refractivity (Wildman–Crippen MR) is 108 cm³/mol. The summed E-state index contributed by atoms with van der Waals surface area (Å²) in [5.74, 6) is 0.0494. The van der Waals surface area contributed by atoms with Crippen molar-refractivity contribution in [1.29, 1.82) is 0 Å². The van der Waals surface area contributed by atoms with Crippen LogP contribution in [0.25, 0.3) is 11.0 Å². The van der Waals surface area contributed by atoms with Gasteiger partial charge in [0.2, 0.25) is 5.91 Å². The normalized spacial score (nSPS) is 14.3. The summed E-state index contributed by atoms with van der Waals surface area (Å²) < 4.78 is 5.71. The van der Waals surface area contributed by atoms with Crippen LogP contribution >= 0.6 is 0 Å². The summed E-state index contributed by atoms with van der Waals surface area (Å²) >= 11 is 0. The first-order chi connectivity index (χ1) is 13.1. The maximum Gasteiger partial charge on any atom is 0.224 e. The van der Waals surface area contributed by atoms with E-state index in [1.165, 1.54) is 16.7 Å². The molecule has 4 heteroatoms. The van der Waals surface area contributed by atoms with Gasteiger partial charge >= 0.3 is 0 Å². The topological polar surface area (TPSA) is 45.5 Å². The molecule has 0 fully saturated rings. The fourth-order valence-electron chi connectivity index (χ4n) is 3.86. The number of nitrogens with one attached hydrogen (secondary N) is 1. The highest BCUT2D eigenvalue weighted by Crippen LogP contribution is 2.26. The number of carbonyl (C=O) groups is 1. The molecule has 0 saturated carbocycles. The predicted octanol–water partition coefficient (Wildman–Crippen LogP) is 3.77. The van der Waals surface area contributed by atoms with Gasteiger partial charge in [-0.25, -0.2) is 0 Å². The number of benzene rings is 2. The van der Waals surface area contributed by atoms with Gasteiger partial charge in [0.25, 0.3) is 0 Å². The Morgan fingerprint density at radius 3 is 2.81 bits per heavy atom. The molecule has 4 rings (SSSR count). The van der Waals surface area contributed by atoms with Crippen LogP contribution < -0.4 is 5.32 Å². The van der Waals surface area contributed by atoms with Crippen molar-refractivity contribution in [2.45, 2.75) is 33.2 Å². The summed E-state index contributed by atoms with van der Waals surface area (Å²) in [6.45, 7) is 7.71. The SMILES string of the molecule is Cc1ccc2c(CC(=O)NCCN3CCc4ccccc4C3)coc2c1C. The minimum absolute atomic E-state index is 0.0494. The van der Waals surface area contributed by atoms with Crippen molar-refractivity contribution in [3.05, 3.63) is 70.5 Å². The number of fused-ring (bicyclic) bond motifs is 2. The third-order valence-electron chi connectivity index (χ3n) is 5.65. The molecule has 1 N–H and O–H groups in total. The Bertz CT molecular complexity index is 974. The minimum atomic E-state index is 0.0494. The van der Waals surface area contributed by atoms with Gasteiger partial charge in [-0.1, -0.05) is 36.4 Å². The third kappa shape index (κ3) is 3.76. The molecule has 2 aromatic carbocycles. The lowest BCUT2D eigenvalue weighted by Crippen LogP contribution is -2.38. The third-order valence-corrected chi connectivity index (χ3v) is 5.65. The van der Waals surface area contributed by atoms with Crippen molar-refractivity contribution in [2.75, 3.05) is 19.6 Å². The molecule has 1 aliphatic heterocycles. The monoisotopic (exact) mass is 362 g/mol. The Morgan fingerprint density at radius 1 is 1.15 bits per heavy atom. The molecule has 1 aromatic heterocycles. The van der Waals surface area contributed by atoms with Crippen LogP contribution in [-0.4, -0.2) is 30.4 Å². The lowest BCUT2D eigenvalue weighted by molar-refractivity contribution is -0.120. The summed E-state index contributed by atoms with van der Waals surface area (Å²) in [6, 6.07) is 12.8. The number of nitrogens with zero attached hydrogens (tertiary/aromatic N) is 1. The quantitative estimate of drug-likeness (QED) is 0.752. The first-order valence-electron chi connectivity index (χ1n) is 9.64. The van der Waals surface area contributed by atoms with Gasteiger partial charge in [0.1, 0.15) is 5.58 Å². The van der Waals surface area contributed by atoms with Crippen molar-refractivity contribution >= 4 is 16.9 Å². The van der Waals surface area contributed by atoms with Crippen LogP contribution in [0.15, 0.2) is 47.1 Å². The van der Waals surface area contributed by atoms with E-state index in [1.807, 2.05) is 0 Å². The molecule has 0 bridgehead atoms. The van der Waals surface area contributed by atoms with Gasteiger partial charge in [-0.05, 0) is 42.5 Å². The first-order valence-corrected chi connectivity index (χ1v) is 9.64. The van der Waals surface area contributed by atoms with E-state index >= 15 is 0 Å². The molecule has 0 unspecified atom stereocenters. The Kier molecular flexibility index (Phi) is 4.99. The van der Waals surface area contributed by atoms with Crippen LogP contribution in [0.1, 0.15) is 27.8 Å². The summed E-state index contributed by atoms with van der Waals surface area (Å²) in [7, 11) is 0. The number of carbonyl (C=O) groups excluding carboxylic acids is 1. The first kappa shape index (κ1) is 17.8. The summed E-state index contributed by atoms with van der Waals surface area (Å²) in [4.78, 5) is 14.8. The molecule has 3 aromatic rings. The van der Waals surface area contributed by atoms with Crippen LogP contribution in [-0.2, 0) is 24.2 Å². The Hall–Kier alpha value is -2.59. The molecule has 2 heterocycles.